The van der Waals surface area contributed by atoms with Crippen LogP contribution in [0.25, 0.3) is 0 Å². The topological polar surface area (TPSA) is 91.5 Å². The van der Waals surface area contributed by atoms with Crippen molar-refractivity contribution in [2.24, 2.45) is 5.14 Å². The van der Waals surface area contributed by atoms with Crippen molar-refractivity contribution in [3.63, 3.8) is 0 Å². The van der Waals surface area contributed by atoms with Gasteiger partial charge in [0.25, 0.3) is 0 Å². The van der Waals surface area contributed by atoms with Crippen LogP contribution in [-0.4, -0.2) is 20.0 Å². The number of benzene rings is 1. The summed E-state index contributed by atoms with van der Waals surface area (Å²) in [7, 11) is -3.80. The fraction of sp³-hybridized carbons (Fsp3) is 0.154. The number of hydrogen-bond acceptors (Lipinski definition) is 5. The van der Waals surface area contributed by atoms with E-state index in [4.69, 9.17) is 26.2 Å². The van der Waals surface area contributed by atoms with Crippen molar-refractivity contribution in [2.75, 3.05) is 6.61 Å². The molecule has 1 aliphatic heterocycles. The highest BCUT2D eigenvalue weighted by Gasteiger charge is 2.26. The van der Waals surface area contributed by atoms with Crippen molar-refractivity contribution < 1.29 is 17.9 Å². The largest absolute Gasteiger partial charge is 0.485 e. The van der Waals surface area contributed by atoms with E-state index >= 15 is 0 Å². The van der Waals surface area contributed by atoms with Crippen molar-refractivity contribution >= 4 is 44.2 Å². The van der Waals surface area contributed by atoms with E-state index in [-0.39, 0.29) is 4.90 Å². The maximum Gasteiger partial charge on any atom is 0.238 e. The van der Waals surface area contributed by atoms with E-state index in [2.05, 4.69) is 27.6 Å². The molecule has 1 aliphatic rings. The van der Waals surface area contributed by atoms with E-state index in [9.17, 15) is 8.42 Å². The Labute approximate surface area is 145 Å². The third kappa shape index (κ3) is 3.14. The van der Waals surface area contributed by atoms with Crippen LogP contribution in [0.15, 0.2) is 35.2 Å². The molecule has 2 aromatic rings. The SMILES string of the molecule is NS(=O)(=O)c1ccc2c(c1)OC(c1ccc(Cl)nc1I)CO2. The minimum Gasteiger partial charge on any atom is -0.485 e. The summed E-state index contributed by atoms with van der Waals surface area (Å²) in [6.45, 7) is 0.293. The molecule has 1 unspecified atom stereocenters. The van der Waals surface area contributed by atoms with Crippen LogP contribution in [-0.2, 0) is 10.0 Å². The molecule has 6 nitrogen and oxygen atoms in total. The molecular weight excluding hydrogens is 443 g/mol. The molecule has 116 valence electrons. The van der Waals surface area contributed by atoms with Crippen LogP contribution < -0.4 is 14.6 Å². The molecule has 0 amide bonds. The van der Waals surface area contributed by atoms with Gasteiger partial charge in [0.15, 0.2) is 17.6 Å². The summed E-state index contributed by atoms with van der Waals surface area (Å²) in [6.07, 6.45) is -0.403. The van der Waals surface area contributed by atoms with Crippen LogP contribution in [0.5, 0.6) is 11.5 Å². The standard InChI is InChI=1S/C13H10ClIN2O4S/c14-12-4-2-8(13(15)17-12)11-6-20-9-3-1-7(22(16,18)19)5-10(9)21-11/h1-5,11H,6H2,(H2,16,18,19). The summed E-state index contributed by atoms with van der Waals surface area (Å²) in [5.74, 6) is 0.800. The Morgan fingerprint density at radius 2 is 2.05 bits per heavy atom. The van der Waals surface area contributed by atoms with E-state index in [1.165, 1.54) is 18.2 Å². The second kappa shape index (κ2) is 5.84. The minimum atomic E-state index is -3.80. The maximum atomic E-state index is 11.4. The molecule has 0 fully saturated rings. The minimum absolute atomic E-state index is 0.0283. The van der Waals surface area contributed by atoms with Gasteiger partial charge in [-0.2, -0.15) is 0 Å². The van der Waals surface area contributed by atoms with Gasteiger partial charge in [0.05, 0.1) is 4.90 Å². The molecule has 0 radical (unpaired) electrons. The molecule has 0 spiro atoms. The Hall–Kier alpha value is -1.10. The molecule has 0 bridgehead atoms. The van der Waals surface area contributed by atoms with Gasteiger partial charge in [-0.15, -0.1) is 0 Å². The molecule has 9 heteroatoms. The zero-order chi connectivity index (χ0) is 15.9. The Bertz CT molecular complexity index is 844. The number of nitrogens with zero attached hydrogens (tertiary/aromatic N) is 1. The number of primary sulfonamides is 1. The van der Waals surface area contributed by atoms with E-state index in [0.29, 0.717) is 27.0 Å². The predicted molar refractivity (Wildman–Crippen MR) is 88.6 cm³/mol. The van der Waals surface area contributed by atoms with Crippen LogP contribution in [0.1, 0.15) is 11.7 Å². The molecule has 0 aliphatic carbocycles. The quantitative estimate of drug-likeness (QED) is 0.558. The van der Waals surface area contributed by atoms with E-state index in [0.717, 1.165) is 5.56 Å². The number of rotatable bonds is 2. The van der Waals surface area contributed by atoms with Crippen LogP contribution in [0.3, 0.4) is 0 Å². The third-order valence-corrected chi connectivity index (χ3v) is 5.08. The molecule has 3 rings (SSSR count). The summed E-state index contributed by atoms with van der Waals surface area (Å²) >= 11 is 7.90. The number of halogens is 2. The Balaban J connectivity index is 1.96. The summed E-state index contributed by atoms with van der Waals surface area (Å²) in [6, 6.07) is 7.73. The number of ether oxygens (including phenoxy) is 2. The number of aromatic nitrogens is 1. The Morgan fingerprint density at radius 1 is 1.27 bits per heavy atom. The molecule has 1 aromatic carbocycles. The smallest absolute Gasteiger partial charge is 0.238 e. The normalized spacial score (nSPS) is 17.3. The van der Waals surface area contributed by atoms with Crippen LogP contribution in [0, 0.1) is 3.70 Å². The second-order valence-corrected chi connectivity index (χ2v) is 7.56. The van der Waals surface area contributed by atoms with Crippen molar-refractivity contribution in [1.29, 1.82) is 0 Å². The number of hydrogen-bond donors (Lipinski definition) is 1. The van der Waals surface area contributed by atoms with Crippen molar-refractivity contribution in [3.05, 3.63) is 44.7 Å². The molecule has 22 heavy (non-hydrogen) atoms. The summed E-state index contributed by atoms with van der Waals surface area (Å²) < 4.78 is 35.0. The fourth-order valence-corrected chi connectivity index (χ4v) is 3.65. The van der Waals surface area contributed by atoms with Crippen LogP contribution in [0.4, 0.5) is 0 Å². The first-order valence-corrected chi connectivity index (χ1v) is 9.13. The molecule has 2 heterocycles. The molecule has 1 atom stereocenters. The Morgan fingerprint density at radius 3 is 2.73 bits per heavy atom. The number of sulfonamides is 1. The summed E-state index contributed by atoms with van der Waals surface area (Å²) in [4.78, 5) is 4.13. The molecule has 2 N–H and O–H groups in total. The lowest BCUT2D eigenvalue weighted by molar-refractivity contribution is 0.0900. The van der Waals surface area contributed by atoms with Gasteiger partial charge in [-0.05, 0) is 46.9 Å². The highest BCUT2D eigenvalue weighted by molar-refractivity contribution is 14.1. The average Bonchev–Trinajstić information content (AvgIpc) is 2.45. The first-order valence-electron chi connectivity index (χ1n) is 6.13. The van der Waals surface area contributed by atoms with Gasteiger partial charge >= 0.3 is 0 Å². The van der Waals surface area contributed by atoms with Gasteiger partial charge in [-0.25, -0.2) is 18.5 Å². The zero-order valence-electron chi connectivity index (χ0n) is 11.0. The molecule has 1 aromatic heterocycles. The lowest BCUT2D eigenvalue weighted by atomic mass is 10.1. The second-order valence-electron chi connectivity index (χ2n) is 4.59. The highest BCUT2D eigenvalue weighted by Crippen LogP contribution is 2.38. The lowest BCUT2D eigenvalue weighted by Gasteiger charge is -2.27. The van der Waals surface area contributed by atoms with Crippen LogP contribution in [0.2, 0.25) is 5.15 Å². The third-order valence-electron chi connectivity index (χ3n) is 3.09. The fourth-order valence-electron chi connectivity index (χ4n) is 2.05. The van der Waals surface area contributed by atoms with Gasteiger partial charge < -0.3 is 9.47 Å². The monoisotopic (exact) mass is 452 g/mol. The van der Waals surface area contributed by atoms with Gasteiger partial charge in [-0.3, -0.25) is 0 Å². The number of fused-ring (bicyclic) bond motifs is 1. The lowest BCUT2D eigenvalue weighted by Crippen LogP contribution is -2.23. The first kappa shape index (κ1) is 15.8. The van der Waals surface area contributed by atoms with Crippen LogP contribution >= 0.6 is 34.2 Å². The Kier molecular flexibility index (Phi) is 4.19. The van der Waals surface area contributed by atoms with Gasteiger partial charge in [0.1, 0.15) is 15.5 Å². The van der Waals surface area contributed by atoms with Gasteiger partial charge in [0.2, 0.25) is 10.0 Å². The summed E-state index contributed by atoms with van der Waals surface area (Å²) in [5.41, 5.74) is 0.816. The number of pyridine rings is 1. The highest BCUT2D eigenvalue weighted by atomic mass is 127. The molecular formula is C13H10ClIN2O4S. The summed E-state index contributed by atoms with van der Waals surface area (Å²) in [5, 5.41) is 5.52. The van der Waals surface area contributed by atoms with Gasteiger partial charge in [-0.1, -0.05) is 11.6 Å². The maximum absolute atomic E-state index is 11.4. The van der Waals surface area contributed by atoms with E-state index in [1.54, 1.807) is 12.1 Å². The number of nitrogens with two attached hydrogens (primary N) is 1. The van der Waals surface area contributed by atoms with Crippen molar-refractivity contribution in [2.45, 2.75) is 11.0 Å². The predicted octanol–water partition coefficient (Wildman–Crippen LogP) is 2.50. The van der Waals surface area contributed by atoms with Gasteiger partial charge in [0, 0.05) is 11.6 Å². The molecule has 0 saturated heterocycles. The van der Waals surface area contributed by atoms with E-state index < -0.39 is 16.1 Å². The zero-order valence-corrected chi connectivity index (χ0v) is 14.7. The van der Waals surface area contributed by atoms with E-state index in [1.807, 2.05) is 0 Å². The van der Waals surface area contributed by atoms with Crippen molar-refractivity contribution in [3.8, 4) is 11.5 Å². The molecule has 0 saturated carbocycles. The first-order chi connectivity index (χ1) is 10.3. The van der Waals surface area contributed by atoms with Crippen molar-refractivity contribution in [1.82, 2.24) is 4.98 Å². The average molecular weight is 453 g/mol.